The molecule has 0 radical (unpaired) electrons. The highest BCUT2D eigenvalue weighted by atomic mass is 79.9. The molecule has 2 rings (SSSR count). The molecule has 5 heteroatoms. The second-order valence-electron chi connectivity index (χ2n) is 4.37. The molecule has 0 aromatic heterocycles. The van der Waals surface area contributed by atoms with Crippen LogP contribution in [0.15, 0.2) is 28.7 Å². The van der Waals surface area contributed by atoms with E-state index in [1.165, 1.54) is 0 Å². The number of rotatable bonds is 3. The molecule has 96 valence electrons. The van der Waals surface area contributed by atoms with E-state index in [0.717, 1.165) is 10.2 Å². The average Bonchev–Trinajstić information content (AvgIpc) is 2.35. The number of anilines is 1. The minimum Gasteiger partial charge on any atom is -0.325 e. The first-order valence-electron chi connectivity index (χ1n) is 5.93. The van der Waals surface area contributed by atoms with Crippen LogP contribution in [0.2, 0.25) is 0 Å². The fourth-order valence-corrected chi connectivity index (χ4v) is 2.16. The Bertz CT molecular complexity index is 435. The second kappa shape index (κ2) is 6.11. The van der Waals surface area contributed by atoms with Crippen molar-refractivity contribution in [2.75, 3.05) is 25.0 Å². The Labute approximate surface area is 114 Å². The maximum atomic E-state index is 11.8. The SMILES string of the molecule is O=C1CCN(CC(=O)Nc2ccc(Br)cc2)CC1. The van der Waals surface area contributed by atoms with E-state index in [1.54, 1.807) is 0 Å². The lowest BCUT2D eigenvalue weighted by Crippen LogP contribution is -2.39. The number of carbonyl (C=O) groups excluding carboxylic acids is 2. The molecule has 1 aliphatic heterocycles. The summed E-state index contributed by atoms with van der Waals surface area (Å²) < 4.78 is 0.982. The third-order valence-electron chi connectivity index (χ3n) is 2.91. The average molecular weight is 311 g/mol. The molecule has 1 amide bonds. The number of ketones is 1. The van der Waals surface area contributed by atoms with Crippen molar-refractivity contribution in [1.82, 2.24) is 4.90 Å². The van der Waals surface area contributed by atoms with Crippen LogP contribution < -0.4 is 5.32 Å². The summed E-state index contributed by atoms with van der Waals surface area (Å²) in [5.74, 6) is 0.256. The molecule has 1 aromatic carbocycles. The summed E-state index contributed by atoms with van der Waals surface area (Å²) in [5.41, 5.74) is 0.788. The number of nitrogens with zero attached hydrogens (tertiary/aromatic N) is 1. The van der Waals surface area contributed by atoms with E-state index >= 15 is 0 Å². The number of benzene rings is 1. The number of hydrogen-bond donors (Lipinski definition) is 1. The highest BCUT2D eigenvalue weighted by Crippen LogP contribution is 2.14. The smallest absolute Gasteiger partial charge is 0.238 e. The van der Waals surface area contributed by atoms with Crippen molar-refractivity contribution in [3.8, 4) is 0 Å². The Morgan fingerprint density at radius 2 is 1.83 bits per heavy atom. The van der Waals surface area contributed by atoms with Crippen LogP contribution in [0.5, 0.6) is 0 Å². The summed E-state index contributed by atoms with van der Waals surface area (Å²) in [4.78, 5) is 24.9. The lowest BCUT2D eigenvalue weighted by Gasteiger charge is -2.24. The fraction of sp³-hybridized carbons (Fsp3) is 0.385. The van der Waals surface area contributed by atoms with Gasteiger partial charge in [-0.15, -0.1) is 0 Å². The summed E-state index contributed by atoms with van der Waals surface area (Å²) in [5, 5.41) is 2.84. The van der Waals surface area contributed by atoms with Gasteiger partial charge in [0.25, 0.3) is 0 Å². The van der Waals surface area contributed by atoms with Crippen LogP contribution in [-0.2, 0) is 9.59 Å². The molecular formula is C13H15BrN2O2. The molecule has 0 bridgehead atoms. The second-order valence-corrected chi connectivity index (χ2v) is 5.29. The van der Waals surface area contributed by atoms with Crippen LogP contribution in [0.4, 0.5) is 5.69 Å². The number of piperidine rings is 1. The van der Waals surface area contributed by atoms with Crippen molar-refractivity contribution in [1.29, 1.82) is 0 Å². The zero-order valence-electron chi connectivity index (χ0n) is 9.99. The monoisotopic (exact) mass is 310 g/mol. The van der Waals surface area contributed by atoms with Gasteiger partial charge in [-0.05, 0) is 24.3 Å². The molecule has 0 aliphatic carbocycles. The first-order valence-corrected chi connectivity index (χ1v) is 6.72. The van der Waals surface area contributed by atoms with E-state index in [-0.39, 0.29) is 5.91 Å². The number of Topliss-reactive ketones (excluding diaryl/α,β-unsaturated/α-hetero) is 1. The normalized spacial score (nSPS) is 16.6. The van der Waals surface area contributed by atoms with E-state index < -0.39 is 0 Å². The first kappa shape index (κ1) is 13.2. The number of halogens is 1. The number of likely N-dealkylation sites (tertiary alicyclic amines) is 1. The Morgan fingerprint density at radius 1 is 1.22 bits per heavy atom. The Morgan fingerprint density at radius 3 is 2.44 bits per heavy atom. The summed E-state index contributed by atoms with van der Waals surface area (Å²) in [6, 6.07) is 7.47. The standard InChI is InChI=1S/C13H15BrN2O2/c14-10-1-3-11(4-2-10)15-13(18)9-16-7-5-12(17)6-8-16/h1-4H,5-9H2,(H,15,18). The quantitative estimate of drug-likeness (QED) is 0.929. The molecule has 0 atom stereocenters. The predicted octanol–water partition coefficient (Wildman–Crippen LogP) is 2.05. The van der Waals surface area contributed by atoms with E-state index in [1.807, 2.05) is 29.2 Å². The van der Waals surface area contributed by atoms with Crippen molar-refractivity contribution >= 4 is 33.3 Å². The molecule has 1 fully saturated rings. The van der Waals surface area contributed by atoms with Crippen LogP contribution in [-0.4, -0.2) is 36.2 Å². The number of amides is 1. The zero-order chi connectivity index (χ0) is 13.0. The van der Waals surface area contributed by atoms with Crippen LogP contribution in [0.25, 0.3) is 0 Å². The summed E-state index contributed by atoms with van der Waals surface area (Å²) >= 11 is 3.34. The molecule has 1 aliphatic rings. The number of hydrogen-bond acceptors (Lipinski definition) is 3. The largest absolute Gasteiger partial charge is 0.325 e. The van der Waals surface area contributed by atoms with Gasteiger partial charge in [-0.25, -0.2) is 0 Å². The Hall–Kier alpha value is -1.20. The number of nitrogens with one attached hydrogen (secondary N) is 1. The van der Waals surface area contributed by atoms with Gasteiger partial charge >= 0.3 is 0 Å². The van der Waals surface area contributed by atoms with Crippen molar-refractivity contribution < 1.29 is 9.59 Å². The minimum atomic E-state index is -0.0355. The molecular weight excluding hydrogens is 296 g/mol. The van der Waals surface area contributed by atoms with E-state index in [4.69, 9.17) is 0 Å². The van der Waals surface area contributed by atoms with Gasteiger partial charge in [0.05, 0.1) is 6.54 Å². The Kier molecular flexibility index (Phi) is 4.49. The third-order valence-corrected chi connectivity index (χ3v) is 3.44. The first-order chi connectivity index (χ1) is 8.63. The van der Waals surface area contributed by atoms with E-state index in [9.17, 15) is 9.59 Å². The van der Waals surface area contributed by atoms with Crippen molar-refractivity contribution in [2.24, 2.45) is 0 Å². The Balaban J connectivity index is 1.81. The molecule has 1 aromatic rings. The van der Waals surface area contributed by atoms with Gasteiger partial charge in [0.2, 0.25) is 5.91 Å². The maximum absolute atomic E-state index is 11.8. The van der Waals surface area contributed by atoms with Crippen LogP contribution in [0.1, 0.15) is 12.8 Å². The lowest BCUT2D eigenvalue weighted by atomic mass is 10.1. The van der Waals surface area contributed by atoms with E-state index in [0.29, 0.717) is 38.3 Å². The third kappa shape index (κ3) is 3.92. The molecule has 1 saturated heterocycles. The highest BCUT2D eigenvalue weighted by Gasteiger charge is 2.18. The topological polar surface area (TPSA) is 49.4 Å². The summed E-state index contributed by atoms with van der Waals surface area (Å²) in [6.45, 7) is 1.72. The molecule has 4 nitrogen and oxygen atoms in total. The summed E-state index contributed by atoms with van der Waals surface area (Å²) in [6.07, 6.45) is 1.12. The minimum absolute atomic E-state index is 0.0355. The molecule has 1 N–H and O–H groups in total. The van der Waals surface area contributed by atoms with Crippen LogP contribution in [0, 0.1) is 0 Å². The van der Waals surface area contributed by atoms with Gasteiger partial charge in [0.15, 0.2) is 0 Å². The zero-order valence-corrected chi connectivity index (χ0v) is 11.6. The van der Waals surface area contributed by atoms with Gasteiger partial charge in [-0.1, -0.05) is 15.9 Å². The lowest BCUT2D eigenvalue weighted by molar-refractivity contribution is -0.124. The molecule has 0 spiro atoms. The van der Waals surface area contributed by atoms with Gasteiger partial charge in [0, 0.05) is 36.1 Å². The van der Waals surface area contributed by atoms with Crippen molar-refractivity contribution in [2.45, 2.75) is 12.8 Å². The van der Waals surface area contributed by atoms with Crippen molar-refractivity contribution in [3.05, 3.63) is 28.7 Å². The van der Waals surface area contributed by atoms with Gasteiger partial charge in [-0.3, -0.25) is 14.5 Å². The molecule has 1 heterocycles. The highest BCUT2D eigenvalue weighted by molar-refractivity contribution is 9.10. The molecule has 0 saturated carbocycles. The maximum Gasteiger partial charge on any atom is 0.238 e. The van der Waals surface area contributed by atoms with Crippen LogP contribution >= 0.6 is 15.9 Å². The van der Waals surface area contributed by atoms with Crippen molar-refractivity contribution in [3.63, 3.8) is 0 Å². The predicted molar refractivity (Wildman–Crippen MR) is 73.5 cm³/mol. The van der Waals surface area contributed by atoms with Crippen LogP contribution in [0.3, 0.4) is 0 Å². The summed E-state index contributed by atoms with van der Waals surface area (Å²) in [7, 11) is 0. The van der Waals surface area contributed by atoms with Gasteiger partial charge in [-0.2, -0.15) is 0 Å². The molecule has 0 unspecified atom stereocenters. The van der Waals surface area contributed by atoms with Gasteiger partial charge < -0.3 is 5.32 Å². The molecule has 18 heavy (non-hydrogen) atoms. The number of carbonyl (C=O) groups is 2. The van der Waals surface area contributed by atoms with E-state index in [2.05, 4.69) is 21.2 Å². The fourth-order valence-electron chi connectivity index (χ4n) is 1.90. The van der Waals surface area contributed by atoms with Gasteiger partial charge in [0.1, 0.15) is 5.78 Å².